The summed E-state index contributed by atoms with van der Waals surface area (Å²) in [5.41, 5.74) is 0. The van der Waals surface area contributed by atoms with Gasteiger partial charge in [0, 0.05) is 19.7 Å². The maximum atomic E-state index is 12.1. The van der Waals surface area contributed by atoms with E-state index in [-0.39, 0.29) is 5.91 Å². The zero-order chi connectivity index (χ0) is 13.5. The van der Waals surface area contributed by atoms with Crippen LogP contribution in [0.2, 0.25) is 0 Å². The van der Waals surface area contributed by atoms with Crippen LogP contribution in [0.5, 0.6) is 0 Å². The quantitative estimate of drug-likeness (QED) is 0.732. The number of ether oxygens (including phenoxy) is 1. The van der Waals surface area contributed by atoms with Crippen LogP contribution in [-0.4, -0.2) is 47.7 Å². The van der Waals surface area contributed by atoms with Crippen LogP contribution in [0.25, 0.3) is 0 Å². The van der Waals surface area contributed by atoms with Crippen LogP contribution in [0.4, 0.5) is 0 Å². The van der Waals surface area contributed by atoms with E-state index in [9.17, 15) is 9.59 Å². The van der Waals surface area contributed by atoms with Gasteiger partial charge in [0.25, 0.3) is 5.91 Å². The van der Waals surface area contributed by atoms with Gasteiger partial charge in [-0.15, -0.1) is 0 Å². The number of nitrogens with zero attached hydrogens (tertiary/aromatic N) is 1. The van der Waals surface area contributed by atoms with E-state index in [1.807, 2.05) is 0 Å². The molecule has 0 aliphatic carbocycles. The van der Waals surface area contributed by atoms with Gasteiger partial charge in [-0.3, -0.25) is 9.59 Å². The largest absolute Gasteiger partial charge is 0.481 e. The number of carbonyl (C=O) groups excluding carboxylic acids is 1. The summed E-state index contributed by atoms with van der Waals surface area (Å²) in [6.45, 7) is 5.35. The molecular formula is C13H23NO4. The van der Waals surface area contributed by atoms with E-state index in [2.05, 4.69) is 6.92 Å². The Hall–Kier alpha value is -1.10. The second kappa shape index (κ2) is 7.36. The van der Waals surface area contributed by atoms with E-state index in [1.165, 1.54) is 0 Å². The maximum absolute atomic E-state index is 12.1. The third kappa shape index (κ3) is 4.29. The standard InChI is InChI=1S/C13H23NO4/c1-3-4-8-18-10(2)12(15)14-7-5-6-11(9-14)13(16)17/h10-11H,3-9H2,1-2H3,(H,16,17). The molecule has 2 unspecified atom stereocenters. The van der Waals surface area contributed by atoms with Gasteiger partial charge in [-0.1, -0.05) is 13.3 Å². The number of carbonyl (C=O) groups is 2. The van der Waals surface area contributed by atoms with Gasteiger partial charge in [0.1, 0.15) is 6.10 Å². The fourth-order valence-corrected chi connectivity index (χ4v) is 2.11. The Kier molecular flexibility index (Phi) is 6.12. The van der Waals surface area contributed by atoms with Crippen molar-refractivity contribution < 1.29 is 19.4 Å². The molecular weight excluding hydrogens is 234 g/mol. The van der Waals surface area contributed by atoms with E-state index in [4.69, 9.17) is 9.84 Å². The van der Waals surface area contributed by atoms with Gasteiger partial charge in [0.2, 0.25) is 0 Å². The van der Waals surface area contributed by atoms with Crippen LogP contribution in [0.1, 0.15) is 39.5 Å². The number of hydrogen-bond donors (Lipinski definition) is 1. The molecule has 1 aliphatic rings. The Labute approximate surface area is 108 Å². The first-order valence-electron chi connectivity index (χ1n) is 6.69. The lowest BCUT2D eigenvalue weighted by atomic mass is 9.98. The normalized spacial score (nSPS) is 21.7. The Morgan fingerprint density at radius 3 is 2.83 bits per heavy atom. The summed E-state index contributed by atoms with van der Waals surface area (Å²) >= 11 is 0. The first-order chi connectivity index (χ1) is 8.56. The van der Waals surface area contributed by atoms with Crippen molar-refractivity contribution in [1.29, 1.82) is 0 Å². The number of hydrogen-bond acceptors (Lipinski definition) is 3. The highest BCUT2D eigenvalue weighted by Gasteiger charge is 2.30. The van der Waals surface area contributed by atoms with Crippen LogP contribution >= 0.6 is 0 Å². The number of aliphatic carboxylic acids is 1. The number of piperidine rings is 1. The highest BCUT2D eigenvalue weighted by Crippen LogP contribution is 2.17. The van der Waals surface area contributed by atoms with Crippen molar-refractivity contribution in [3.8, 4) is 0 Å². The van der Waals surface area contributed by atoms with E-state index in [0.717, 1.165) is 19.3 Å². The Morgan fingerprint density at radius 2 is 2.22 bits per heavy atom. The van der Waals surface area contributed by atoms with Crippen LogP contribution in [0, 0.1) is 5.92 Å². The minimum atomic E-state index is -0.813. The lowest BCUT2D eigenvalue weighted by Crippen LogP contribution is -2.46. The first kappa shape index (κ1) is 15.0. The maximum Gasteiger partial charge on any atom is 0.308 e. The van der Waals surface area contributed by atoms with Crippen molar-refractivity contribution in [2.24, 2.45) is 5.92 Å². The zero-order valence-corrected chi connectivity index (χ0v) is 11.2. The van der Waals surface area contributed by atoms with Crippen LogP contribution in [-0.2, 0) is 14.3 Å². The third-order valence-corrected chi connectivity index (χ3v) is 3.30. The molecule has 104 valence electrons. The molecule has 1 heterocycles. The Morgan fingerprint density at radius 1 is 1.50 bits per heavy atom. The lowest BCUT2D eigenvalue weighted by Gasteiger charge is -2.32. The molecule has 0 aromatic rings. The molecule has 1 amide bonds. The average Bonchev–Trinajstić information content (AvgIpc) is 2.38. The van der Waals surface area contributed by atoms with E-state index in [1.54, 1.807) is 11.8 Å². The van der Waals surface area contributed by atoms with Crippen LogP contribution in [0.3, 0.4) is 0 Å². The van der Waals surface area contributed by atoms with Crippen molar-refractivity contribution in [3.63, 3.8) is 0 Å². The molecule has 1 aliphatic heterocycles. The molecule has 0 bridgehead atoms. The summed E-state index contributed by atoms with van der Waals surface area (Å²) in [6.07, 6.45) is 2.92. The predicted octanol–water partition coefficient (Wildman–Crippen LogP) is 1.51. The van der Waals surface area contributed by atoms with Crippen molar-refractivity contribution >= 4 is 11.9 Å². The number of unbranched alkanes of at least 4 members (excludes halogenated alkanes) is 1. The van der Waals surface area contributed by atoms with Gasteiger partial charge in [0.15, 0.2) is 0 Å². The molecule has 0 aromatic heterocycles. The number of carboxylic acid groups (broad SMARTS) is 1. The second-order valence-electron chi connectivity index (χ2n) is 4.83. The molecule has 5 heteroatoms. The molecule has 0 spiro atoms. The molecule has 0 saturated carbocycles. The van der Waals surface area contributed by atoms with Gasteiger partial charge >= 0.3 is 5.97 Å². The van der Waals surface area contributed by atoms with Gasteiger partial charge in [-0.2, -0.15) is 0 Å². The van der Waals surface area contributed by atoms with Crippen molar-refractivity contribution in [2.45, 2.75) is 45.6 Å². The lowest BCUT2D eigenvalue weighted by molar-refractivity contribution is -0.150. The molecule has 0 radical (unpaired) electrons. The highest BCUT2D eigenvalue weighted by atomic mass is 16.5. The molecule has 5 nitrogen and oxygen atoms in total. The van der Waals surface area contributed by atoms with Crippen molar-refractivity contribution in [2.75, 3.05) is 19.7 Å². The molecule has 0 aromatic carbocycles. The zero-order valence-electron chi connectivity index (χ0n) is 11.2. The smallest absolute Gasteiger partial charge is 0.308 e. The fraction of sp³-hybridized carbons (Fsp3) is 0.846. The Bertz CT molecular complexity index is 293. The SMILES string of the molecule is CCCCOC(C)C(=O)N1CCCC(C(=O)O)C1. The van der Waals surface area contributed by atoms with Crippen LogP contribution < -0.4 is 0 Å². The van der Waals surface area contributed by atoms with Gasteiger partial charge in [-0.05, 0) is 26.2 Å². The fourth-order valence-electron chi connectivity index (χ4n) is 2.11. The molecule has 18 heavy (non-hydrogen) atoms. The molecule has 2 atom stereocenters. The van der Waals surface area contributed by atoms with Gasteiger partial charge in [-0.25, -0.2) is 0 Å². The summed E-state index contributed by atoms with van der Waals surface area (Å²) in [6, 6.07) is 0. The van der Waals surface area contributed by atoms with Gasteiger partial charge < -0.3 is 14.7 Å². The first-order valence-corrected chi connectivity index (χ1v) is 6.69. The van der Waals surface area contributed by atoms with E-state index >= 15 is 0 Å². The minimum absolute atomic E-state index is 0.0861. The minimum Gasteiger partial charge on any atom is -0.481 e. The Balaban J connectivity index is 2.42. The number of likely N-dealkylation sites (tertiary alicyclic amines) is 1. The number of carboxylic acids is 1. The van der Waals surface area contributed by atoms with E-state index < -0.39 is 18.0 Å². The van der Waals surface area contributed by atoms with Crippen LogP contribution in [0.15, 0.2) is 0 Å². The summed E-state index contributed by atoms with van der Waals surface area (Å²) in [4.78, 5) is 24.6. The summed E-state index contributed by atoms with van der Waals surface area (Å²) in [5, 5.41) is 8.98. The number of rotatable bonds is 6. The third-order valence-electron chi connectivity index (χ3n) is 3.30. The topological polar surface area (TPSA) is 66.8 Å². The molecule has 1 N–H and O–H groups in total. The molecule has 1 fully saturated rings. The summed E-state index contributed by atoms with van der Waals surface area (Å²) in [7, 11) is 0. The molecule has 1 saturated heterocycles. The summed E-state index contributed by atoms with van der Waals surface area (Å²) < 4.78 is 5.45. The highest BCUT2D eigenvalue weighted by molar-refractivity contribution is 5.81. The van der Waals surface area contributed by atoms with Crippen molar-refractivity contribution in [1.82, 2.24) is 4.90 Å². The average molecular weight is 257 g/mol. The number of amides is 1. The summed E-state index contributed by atoms with van der Waals surface area (Å²) in [5.74, 6) is -1.32. The monoisotopic (exact) mass is 257 g/mol. The van der Waals surface area contributed by atoms with E-state index in [0.29, 0.717) is 26.1 Å². The molecule has 1 rings (SSSR count). The van der Waals surface area contributed by atoms with Crippen molar-refractivity contribution in [3.05, 3.63) is 0 Å². The second-order valence-corrected chi connectivity index (χ2v) is 4.83. The van der Waals surface area contributed by atoms with Gasteiger partial charge in [0.05, 0.1) is 5.92 Å². The predicted molar refractivity (Wildman–Crippen MR) is 67.3 cm³/mol.